The number of nitrogens with one attached hydrogen (secondary N) is 2. The van der Waals surface area contributed by atoms with Gasteiger partial charge in [-0.05, 0) is 30.2 Å². The van der Waals surface area contributed by atoms with Gasteiger partial charge in [0.05, 0.1) is 29.8 Å². The summed E-state index contributed by atoms with van der Waals surface area (Å²) in [5.74, 6) is -2.35. The van der Waals surface area contributed by atoms with E-state index in [1.54, 1.807) is 18.6 Å². The lowest BCUT2D eigenvalue weighted by Crippen LogP contribution is -2.72. The number of β-lactam (4-membered cyclic amide) rings is 1. The number of oxime groups is 1. The van der Waals surface area contributed by atoms with Crippen LogP contribution >= 0.6 is 34.6 Å². The normalized spacial score (nSPS) is 19.2. The van der Waals surface area contributed by atoms with Gasteiger partial charge < -0.3 is 35.8 Å². The second kappa shape index (κ2) is 13.3. The molecule has 242 valence electrons. The van der Waals surface area contributed by atoms with Gasteiger partial charge in [-0.2, -0.15) is 13.9 Å². The van der Waals surface area contributed by atoms with Crippen molar-refractivity contribution < 1.29 is 38.4 Å². The Morgan fingerprint density at radius 2 is 2.02 bits per heavy atom. The number of rotatable bonds is 12. The lowest BCUT2D eigenvalue weighted by Gasteiger charge is -2.52. The summed E-state index contributed by atoms with van der Waals surface area (Å²) in [7, 11) is 2.81. The van der Waals surface area contributed by atoms with Gasteiger partial charge in [0.25, 0.3) is 16.6 Å². The van der Waals surface area contributed by atoms with Gasteiger partial charge in [-0.25, -0.2) is 0 Å². The molecule has 3 amide bonds. The van der Waals surface area contributed by atoms with Crippen molar-refractivity contribution in [1.29, 1.82) is 0 Å². The standard InChI is InChI=1S/C29H26N8O7S3/c1-43-15-7-5-14(6-8-15)10-19-17(11-36-9-3-4-16-18(31-13-38)12-45-26(16)36)22(28(41)42)37-25(40)21(27(37)46-19)32-24(39)20(34-44-2)23-33-29(30)47-35-23/h3-9,12-13,19,21,27H,10-11H2,1-2H3,(H4-,30,31,32,33,35,38,39,41,42)/b34-20-/t19?,21?,27-/m1/s1. The number of carboxylic acid groups (broad SMARTS) is 1. The Morgan fingerprint density at radius 3 is 2.68 bits per heavy atom. The van der Waals surface area contributed by atoms with E-state index in [2.05, 4.69) is 25.1 Å². The highest BCUT2D eigenvalue weighted by Crippen LogP contribution is 2.45. The molecular weight excluding hydrogens is 669 g/mol. The van der Waals surface area contributed by atoms with Crippen LogP contribution in [0.3, 0.4) is 0 Å². The molecule has 1 fully saturated rings. The van der Waals surface area contributed by atoms with E-state index in [0.717, 1.165) is 32.2 Å². The van der Waals surface area contributed by atoms with E-state index in [1.165, 1.54) is 30.2 Å². The van der Waals surface area contributed by atoms with Crippen molar-refractivity contribution in [1.82, 2.24) is 19.6 Å². The van der Waals surface area contributed by atoms with Crippen LogP contribution in [0.1, 0.15) is 11.4 Å². The lowest BCUT2D eigenvalue weighted by molar-refractivity contribution is -0.661. The van der Waals surface area contributed by atoms with Crippen molar-refractivity contribution in [3.63, 3.8) is 0 Å². The number of hydrogen-bond donors (Lipinski definition) is 3. The van der Waals surface area contributed by atoms with Gasteiger partial charge in [0.1, 0.15) is 24.3 Å². The SMILES string of the molecule is CO/N=C(\C(=O)NC1C(=O)N2C(C(=O)[O-])=C(C[n+]3cccc4c(NC=O)csc43)C(Cc3ccc(OC)cc3)S[C@H]12)c1nsc(N)n1. The minimum absolute atomic E-state index is 0.0759. The van der Waals surface area contributed by atoms with Crippen LogP contribution in [-0.4, -0.2) is 75.0 Å². The number of anilines is 2. The first-order valence-corrected chi connectivity index (χ1v) is 16.5. The number of carbonyl (C=O) groups excluding carboxylic acids is 4. The van der Waals surface area contributed by atoms with E-state index < -0.39 is 34.4 Å². The molecule has 0 aliphatic carbocycles. The van der Waals surface area contributed by atoms with Crippen LogP contribution in [0.5, 0.6) is 5.75 Å². The zero-order chi connectivity index (χ0) is 33.2. The van der Waals surface area contributed by atoms with Crippen LogP contribution < -0.4 is 30.8 Å². The molecule has 4 N–H and O–H groups in total. The van der Waals surface area contributed by atoms with E-state index in [9.17, 15) is 24.3 Å². The average molecular weight is 695 g/mol. The maximum Gasteiger partial charge on any atom is 0.278 e. The summed E-state index contributed by atoms with van der Waals surface area (Å²) in [5.41, 5.74) is 7.11. The van der Waals surface area contributed by atoms with E-state index in [1.807, 2.05) is 41.1 Å². The molecule has 2 aliphatic rings. The fourth-order valence-electron chi connectivity index (χ4n) is 5.44. The second-order valence-corrected chi connectivity index (χ2v) is 13.2. The fourth-order valence-corrected chi connectivity index (χ4v) is 8.51. The van der Waals surface area contributed by atoms with Crippen molar-refractivity contribution in [3.8, 4) is 5.75 Å². The van der Waals surface area contributed by atoms with Crippen molar-refractivity contribution >= 4 is 85.6 Å². The number of ether oxygens (including phenoxy) is 1. The third-order valence-electron chi connectivity index (χ3n) is 7.55. The molecule has 0 radical (unpaired) electrons. The Balaban J connectivity index is 1.37. The highest BCUT2D eigenvalue weighted by atomic mass is 32.2. The molecule has 3 atom stereocenters. The van der Waals surface area contributed by atoms with Gasteiger partial charge in [-0.15, -0.1) is 11.8 Å². The van der Waals surface area contributed by atoms with Crippen molar-refractivity contribution in [2.45, 2.75) is 29.6 Å². The summed E-state index contributed by atoms with van der Waals surface area (Å²) in [4.78, 5) is 61.6. The van der Waals surface area contributed by atoms with Crippen LogP contribution in [0.4, 0.5) is 10.8 Å². The predicted molar refractivity (Wildman–Crippen MR) is 172 cm³/mol. The highest BCUT2D eigenvalue weighted by Gasteiger charge is 2.55. The van der Waals surface area contributed by atoms with Gasteiger partial charge in [0, 0.05) is 33.8 Å². The number of thioether (sulfide) groups is 1. The number of nitrogen functional groups attached to an aromatic ring is 1. The number of amides is 3. The Labute approximate surface area is 279 Å². The number of carboxylic acids is 1. The molecule has 4 aromatic rings. The molecule has 18 heteroatoms. The number of aromatic nitrogens is 3. The van der Waals surface area contributed by atoms with Gasteiger partial charge in [0.15, 0.2) is 17.9 Å². The summed E-state index contributed by atoms with van der Waals surface area (Å²) in [6, 6.07) is 9.96. The Kier molecular flexibility index (Phi) is 9.06. The lowest BCUT2D eigenvalue weighted by atomic mass is 9.96. The third kappa shape index (κ3) is 6.09. The van der Waals surface area contributed by atoms with E-state index in [0.29, 0.717) is 29.8 Å². The Morgan fingerprint density at radius 1 is 1.23 bits per heavy atom. The molecule has 3 aromatic heterocycles. The Hall–Kier alpha value is -5.07. The first-order chi connectivity index (χ1) is 22.7. The summed E-state index contributed by atoms with van der Waals surface area (Å²) in [6.45, 7) is 0.116. The summed E-state index contributed by atoms with van der Waals surface area (Å²) in [6.07, 6.45) is 2.80. The first kappa shape index (κ1) is 31.9. The van der Waals surface area contributed by atoms with Crippen LogP contribution in [-0.2, 0) is 37.0 Å². The fraction of sp³-hybridized carbons (Fsp3) is 0.241. The maximum atomic E-state index is 13.6. The molecule has 5 heterocycles. The molecule has 6 rings (SSSR count). The largest absolute Gasteiger partial charge is 0.543 e. The average Bonchev–Trinajstić information content (AvgIpc) is 3.69. The molecule has 47 heavy (non-hydrogen) atoms. The van der Waals surface area contributed by atoms with Crippen LogP contribution in [0, 0.1) is 0 Å². The van der Waals surface area contributed by atoms with Gasteiger partial charge in [-0.1, -0.05) is 28.6 Å². The third-order valence-corrected chi connectivity index (χ3v) is 10.7. The van der Waals surface area contributed by atoms with Gasteiger partial charge >= 0.3 is 0 Å². The van der Waals surface area contributed by atoms with Crippen molar-refractivity contribution in [3.05, 3.63) is 70.6 Å². The van der Waals surface area contributed by atoms with Crippen molar-refractivity contribution in [2.24, 2.45) is 5.16 Å². The van der Waals surface area contributed by atoms with Crippen LogP contribution in [0.15, 0.2) is 64.4 Å². The highest BCUT2D eigenvalue weighted by molar-refractivity contribution is 8.00. The molecule has 0 bridgehead atoms. The molecule has 0 spiro atoms. The number of aliphatic carboxylic acids is 1. The zero-order valence-corrected chi connectivity index (χ0v) is 27.2. The minimum Gasteiger partial charge on any atom is -0.543 e. The number of nitrogens with zero attached hydrogens (tertiary/aromatic N) is 5. The van der Waals surface area contributed by atoms with Crippen LogP contribution in [0.2, 0.25) is 0 Å². The smallest absolute Gasteiger partial charge is 0.278 e. The Bertz CT molecular complexity index is 1940. The molecule has 1 saturated heterocycles. The quantitative estimate of drug-likeness (QED) is 0.0603. The molecule has 15 nitrogen and oxygen atoms in total. The first-order valence-electron chi connectivity index (χ1n) is 13.9. The summed E-state index contributed by atoms with van der Waals surface area (Å²) in [5, 5.41) is 23.4. The zero-order valence-electron chi connectivity index (χ0n) is 24.7. The number of thiophene rings is 1. The van der Waals surface area contributed by atoms with E-state index in [-0.39, 0.29) is 28.9 Å². The molecule has 2 aliphatic heterocycles. The molecular formula is C29H26N8O7S3. The minimum atomic E-state index is -1.52. The molecule has 2 unspecified atom stereocenters. The van der Waals surface area contributed by atoms with E-state index in [4.69, 9.17) is 15.3 Å². The maximum absolute atomic E-state index is 13.6. The topological polar surface area (TPSA) is 205 Å². The summed E-state index contributed by atoms with van der Waals surface area (Å²) >= 11 is 3.60. The van der Waals surface area contributed by atoms with Gasteiger partial charge in [-0.3, -0.25) is 19.3 Å². The number of benzene rings is 1. The number of nitrogens with two attached hydrogens (primary N) is 1. The summed E-state index contributed by atoms with van der Waals surface area (Å²) < 4.78 is 11.2. The van der Waals surface area contributed by atoms with Crippen molar-refractivity contribution in [2.75, 3.05) is 25.3 Å². The number of hydrogen-bond acceptors (Lipinski definition) is 14. The number of pyridine rings is 1. The predicted octanol–water partition coefficient (Wildman–Crippen LogP) is 0.265. The number of methoxy groups -OCH3 is 1. The number of fused-ring (bicyclic) bond motifs is 2. The van der Waals surface area contributed by atoms with Crippen LogP contribution in [0.25, 0.3) is 10.2 Å². The van der Waals surface area contributed by atoms with E-state index >= 15 is 0 Å². The number of carbonyl (C=O) groups is 4. The second-order valence-electron chi connectivity index (χ2n) is 10.2. The molecule has 0 saturated carbocycles. The monoisotopic (exact) mass is 694 g/mol. The molecule has 1 aromatic carbocycles. The van der Waals surface area contributed by atoms with Gasteiger partial charge in [0.2, 0.25) is 17.9 Å².